The normalized spacial score (nSPS) is 16.7. The van der Waals surface area contributed by atoms with Crippen LogP contribution in [-0.4, -0.2) is 33.4 Å². The van der Waals surface area contributed by atoms with Gasteiger partial charge in [-0.05, 0) is 31.0 Å². The first-order valence-corrected chi connectivity index (χ1v) is 8.33. The van der Waals surface area contributed by atoms with Crippen molar-refractivity contribution >= 4 is 17.6 Å². The third-order valence-electron chi connectivity index (χ3n) is 4.50. The fourth-order valence-electron chi connectivity index (χ4n) is 3.20. The number of aromatic carboxylic acids is 1. The molecule has 8 heteroatoms. The summed E-state index contributed by atoms with van der Waals surface area (Å²) in [5, 5.41) is 20.2. The molecule has 26 heavy (non-hydrogen) atoms. The lowest BCUT2D eigenvalue weighted by molar-refractivity contribution is -0.384. The van der Waals surface area contributed by atoms with Crippen LogP contribution in [0.5, 0.6) is 0 Å². The number of likely N-dealkylation sites (tertiary alicyclic amines) is 1. The molecular formula is C18H18N2O6. The number of amides is 1. The number of carbonyl (C=O) groups excluding carboxylic acids is 1. The van der Waals surface area contributed by atoms with Crippen molar-refractivity contribution in [2.24, 2.45) is 0 Å². The minimum Gasteiger partial charge on any atom is -0.478 e. The molecule has 1 fully saturated rings. The Morgan fingerprint density at radius 3 is 2.65 bits per heavy atom. The zero-order valence-electron chi connectivity index (χ0n) is 14.2. The van der Waals surface area contributed by atoms with Gasteiger partial charge in [0.2, 0.25) is 0 Å². The number of nitrogens with zero attached hydrogens (tertiary/aromatic N) is 2. The van der Waals surface area contributed by atoms with E-state index in [0.717, 1.165) is 37.2 Å². The summed E-state index contributed by atoms with van der Waals surface area (Å²) in [5.41, 5.74) is -0.717. The average Bonchev–Trinajstić information content (AvgIpc) is 3.29. The summed E-state index contributed by atoms with van der Waals surface area (Å²) in [4.78, 5) is 36.1. The van der Waals surface area contributed by atoms with E-state index in [0.29, 0.717) is 12.3 Å². The molecule has 0 bridgehead atoms. The van der Waals surface area contributed by atoms with Crippen LogP contribution in [0.15, 0.2) is 34.7 Å². The largest absolute Gasteiger partial charge is 0.478 e. The van der Waals surface area contributed by atoms with Gasteiger partial charge < -0.3 is 14.4 Å². The van der Waals surface area contributed by atoms with Crippen molar-refractivity contribution in [3.05, 3.63) is 63.1 Å². The summed E-state index contributed by atoms with van der Waals surface area (Å²) in [7, 11) is 0. The van der Waals surface area contributed by atoms with Gasteiger partial charge in [0.15, 0.2) is 0 Å². The van der Waals surface area contributed by atoms with E-state index in [1.165, 1.54) is 6.07 Å². The summed E-state index contributed by atoms with van der Waals surface area (Å²) in [6.07, 6.45) is 2.25. The second kappa shape index (κ2) is 6.99. The Bertz CT molecular complexity index is 840. The molecule has 3 rings (SSSR count). The predicted octanol–water partition coefficient (Wildman–Crippen LogP) is 3.43. The first kappa shape index (κ1) is 17.7. The predicted molar refractivity (Wildman–Crippen MR) is 91.2 cm³/mol. The van der Waals surface area contributed by atoms with E-state index < -0.39 is 22.5 Å². The lowest BCUT2D eigenvalue weighted by Gasteiger charge is -2.23. The van der Waals surface area contributed by atoms with Crippen LogP contribution in [0.2, 0.25) is 0 Å². The van der Waals surface area contributed by atoms with E-state index in [1.807, 2.05) is 19.1 Å². The van der Waals surface area contributed by atoms with Gasteiger partial charge in [0.05, 0.1) is 16.5 Å². The Kier molecular flexibility index (Phi) is 4.75. The summed E-state index contributed by atoms with van der Waals surface area (Å²) in [5.74, 6) is -0.258. The summed E-state index contributed by atoms with van der Waals surface area (Å²) < 4.78 is 5.76. The van der Waals surface area contributed by atoms with Crippen molar-refractivity contribution < 1.29 is 24.0 Å². The molecular weight excluding hydrogens is 340 g/mol. The highest BCUT2D eigenvalue weighted by atomic mass is 16.6. The van der Waals surface area contributed by atoms with Gasteiger partial charge in [0.1, 0.15) is 11.5 Å². The molecule has 2 aromatic rings. The minimum absolute atomic E-state index is 0.00855. The van der Waals surface area contributed by atoms with Crippen LogP contribution in [0.4, 0.5) is 5.69 Å². The van der Waals surface area contributed by atoms with Crippen LogP contribution in [0, 0.1) is 10.1 Å². The van der Waals surface area contributed by atoms with E-state index in [1.54, 1.807) is 4.90 Å². The molecule has 1 aliphatic heterocycles. The van der Waals surface area contributed by atoms with E-state index in [4.69, 9.17) is 9.52 Å². The number of non-ortho nitro benzene ring substituents is 1. The average molecular weight is 358 g/mol. The van der Waals surface area contributed by atoms with Gasteiger partial charge in [-0.15, -0.1) is 0 Å². The van der Waals surface area contributed by atoms with Gasteiger partial charge in [-0.3, -0.25) is 14.9 Å². The summed E-state index contributed by atoms with van der Waals surface area (Å²) in [6, 6.07) is 6.68. The van der Waals surface area contributed by atoms with Gasteiger partial charge >= 0.3 is 5.97 Å². The topological polar surface area (TPSA) is 114 Å². The second-order valence-corrected chi connectivity index (χ2v) is 6.15. The maximum atomic E-state index is 12.9. The number of nitro groups is 1. The Labute approximate surface area is 149 Å². The molecule has 1 aliphatic rings. The smallest absolute Gasteiger partial charge is 0.335 e. The highest BCUT2D eigenvalue weighted by molar-refractivity contribution is 5.98. The highest BCUT2D eigenvalue weighted by Crippen LogP contribution is 2.34. The number of hydrogen-bond acceptors (Lipinski definition) is 5. The molecule has 1 unspecified atom stereocenters. The van der Waals surface area contributed by atoms with Crippen molar-refractivity contribution in [2.45, 2.75) is 32.2 Å². The molecule has 2 heterocycles. The maximum Gasteiger partial charge on any atom is 0.335 e. The third kappa shape index (κ3) is 3.30. The quantitative estimate of drug-likeness (QED) is 0.647. The molecule has 136 valence electrons. The third-order valence-corrected chi connectivity index (χ3v) is 4.50. The van der Waals surface area contributed by atoms with Gasteiger partial charge in [0.25, 0.3) is 11.6 Å². The monoisotopic (exact) mass is 358 g/mol. The molecule has 1 saturated heterocycles. The van der Waals surface area contributed by atoms with E-state index >= 15 is 0 Å². The van der Waals surface area contributed by atoms with E-state index in [9.17, 15) is 19.7 Å². The first-order chi connectivity index (χ1) is 12.4. The number of furan rings is 1. The fourth-order valence-corrected chi connectivity index (χ4v) is 3.20. The second-order valence-electron chi connectivity index (χ2n) is 6.15. The van der Waals surface area contributed by atoms with Crippen molar-refractivity contribution in [1.29, 1.82) is 0 Å². The zero-order valence-corrected chi connectivity index (χ0v) is 14.2. The molecule has 1 amide bonds. The lowest BCUT2D eigenvalue weighted by atomic mass is 10.1. The number of hydrogen-bond donors (Lipinski definition) is 1. The molecule has 0 spiro atoms. The highest BCUT2D eigenvalue weighted by Gasteiger charge is 2.33. The number of carbonyl (C=O) groups is 2. The van der Waals surface area contributed by atoms with Crippen LogP contribution in [0.3, 0.4) is 0 Å². The fraction of sp³-hybridized carbons (Fsp3) is 0.333. The Morgan fingerprint density at radius 2 is 2.04 bits per heavy atom. The SMILES string of the molecule is CCc1ccc(C2CCCN2C(=O)c2cc(C(=O)O)cc([N+](=O)[O-])c2)o1. The Balaban J connectivity index is 1.94. The van der Waals surface area contributed by atoms with Crippen LogP contribution < -0.4 is 0 Å². The summed E-state index contributed by atoms with van der Waals surface area (Å²) in [6.45, 7) is 2.45. The molecule has 1 atom stereocenters. The number of rotatable bonds is 5. The van der Waals surface area contributed by atoms with Gasteiger partial charge in [-0.2, -0.15) is 0 Å². The molecule has 0 saturated carbocycles. The number of nitro benzene ring substituents is 1. The van der Waals surface area contributed by atoms with Crippen LogP contribution >= 0.6 is 0 Å². The van der Waals surface area contributed by atoms with Gasteiger partial charge in [-0.1, -0.05) is 6.92 Å². The van der Waals surface area contributed by atoms with Crippen molar-refractivity contribution in [1.82, 2.24) is 4.90 Å². The lowest BCUT2D eigenvalue weighted by Crippen LogP contribution is -2.30. The number of benzene rings is 1. The van der Waals surface area contributed by atoms with Crippen molar-refractivity contribution in [3.63, 3.8) is 0 Å². The Morgan fingerprint density at radius 1 is 1.31 bits per heavy atom. The van der Waals surface area contributed by atoms with Gasteiger partial charge in [0, 0.05) is 30.7 Å². The van der Waals surface area contributed by atoms with Crippen LogP contribution in [0.25, 0.3) is 0 Å². The Hall–Kier alpha value is -3.16. The van der Waals surface area contributed by atoms with Crippen molar-refractivity contribution in [3.8, 4) is 0 Å². The number of carboxylic acid groups (broad SMARTS) is 1. The summed E-state index contributed by atoms with van der Waals surface area (Å²) >= 11 is 0. The molecule has 8 nitrogen and oxygen atoms in total. The molecule has 1 N–H and O–H groups in total. The molecule has 0 radical (unpaired) electrons. The van der Waals surface area contributed by atoms with Crippen LogP contribution in [0.1, 0.15) is 58.0 Å². The maximum absolute atomic E-state index is 12.9. The number of aryl methyl sites for hydroxylation is 1. The zero-order chi connectivity index (χ0) is 18.8. The first-order valence-electron chi connectivity index (χ1n) is 8.33. The number of carboxylic acids is 1. The standard InChI is InChI=1S/C18H18N2O6/c1-2-14-5-6-16(26-14)15-4-3-7-19(15)17(21)11-8-12(18(22)23)10-13(9-11)20(24)25/h5-6,8-10,15H,2-4,7H2,1H3,(H,22,23). The van der Waals surface area contributed by atoms with Crippen molar-refractivity contribution in [2.75, 3.05) is 6.54 Å². The minimum atomic E-state index is -1.32. The molecule has 1 aromatic carbocycles. The molecule has 0 aliphatic carbocycles. The van der Waals surface area contributed by atoms with Gasteiger partial charge in [-0.25, -0.2) is 4.79 Å². The molecule has 1 aromatic heterocycles. The van der Waals surface area contributed by atoms with E-state index in [-0.39, 0.29) is 17.2 Å². The van der Waals surface area contributed by atoms with E-state index in [2.05, 4.69) is 0 Å². The van der Waals surface area contributed by atoms with Crippen LogP contribution in [-0.2, 0) is 6.42 Å².